The molecule has 31 heavy (non-hydrogen) atoms. The molecule has 170 valence electrons. The lowest BCUT2D eigenvalue weighted by Gasteiger charge is -2.41. The monoisotopic (exact) mass is 448 g/mol. The molecule has 3 fully saturated rings. The molecule has 2 aliphatic heterocycles. The first-order chi connectivity index (χ1) is 14.7. The quantitative estimate of drug-likeness (QED) is 0.503. The first-order valence-electron chi connectivity index (χ1n) is 11.3. The van der Waals surface area contributed by atoms with E-state index in [1.54, 1.807) is 7.11 Å². The van der Waals surface area contributed by atoms with E-state index in [-0.39, 0.29) is 5.78 Å². The Morgan fingerprint density at radius 3 is 2.19 bits per heavy atom. The van der Waals surface area contributed by atoms with Gasteiger partial charge in [-0.15, -0.1) is 0 Å². The number of halogens is 1. The summed E-state index contributed by atoms with van der Waals surface area (Å²) in [6.07, 6.45) is 5.46. The number of amides is 1. The second-order valence-corrected chi connectivity index (χ2v) is 10.0. The Hall–Kier alpha value is -1.47. The molecule has 0 aromatic heterocycles. The van der Waals surface area contributed by atoms with E-state index in [0.29, 0.717) is 44.0 Å². The number of nitrogens with zero attached hydrogens (tertiary/aromatic N) is 2. The average molecular weight is 449 g/mol. The summed E-state index contributed by atoms with van der Waals surface area (Å²) in [4.78, 5) is 37.7. The van der Waals surface area contributed by atoms with Crippen LogP contribution in [0.5, 0.6) is 0 Å². The second kappa shape index (κ2) is 8.47. The summed E-state index contributed by atoms with van der Waals surface area (Å²) in [5.41, 5.74) is 2.34. The summed E-state index contributed by atoms with van der Waals surface area (Å²) < 4.78 is 0. The first kappa shape index (κ1) is 22.7. The molecule has 1 aromatic carbocycles. The number of rotatable bonds is 5. The van der Waals surface area contributed by atoms with Gasteiger partial charge in [-0.25, -0.2) is 5.06 Å². The molecular weight excluding hydrogens is 416 g/mol. The highest BCUT2D eigenvalue weighted by Gasteiger charge is 2.69. The number of ketones is 1. The third-order valence-electron chi connectivity index (χ3n) is 7.35. The van der Waals surface area contributed by atoms with Crippen LogP contribution >= 0.6 is 11.6 Å². The Balaban J connectivity index is 1.74. The molecule has 6 nitrogen and oxygen atoms in total. The zero-order valence-electron chi connectivity index (χ0n) is 19.0. The van der Waals surface area contributed by atoms with Gasteiger partial charge in [-0.05, 0) is 69.1 Å². The number of Topliss-reactive ketones (excluding diaryl/α,β-unsaturated/α-hetero) is 1. The molecule has 1 saturated carbocycles. The van der Waals surface area contributed by atoms with Gasteiger partial charge in [-0.3, -0.25) is 14.4 Å². The van der Waals surface area contributed by atoms with E-state index in [9.17, 15) is 9.59 Å². The molecule has 7 heteroatoms. The molecule has 1 unspecified atom stereocenters. The maximum Gasteiger partial charge on any atom is 0.280 e. The predicted molar refractivity (Wildman–Crippen MR) is 118 cm³/mol. The van der Waals surface area contributed by atoms with Crippen molar-refractivity contribution in [2.75, 3.05) is 26.8 Å². The summed E-state index contributed by atoms with van der Waals surface area (Å²) in [6, 6.07) is 3.96. The van der Waals surface area contributed by atoms with Gasteiger partial charge in [-0.1, -0.05) is 42.1 Å². The van der Waals surface area contributed by atoms with Crippen molar-refractivity contribution >= 4 is 23.3 Å². The highest BCUT2D eigenvalue weighted by molar-refractivity contribution is 6.49. The van der Waals surface area contributed by atoms with Crippen molar-refractivity contribution in [3.8, 4) is 0 Å². The molecule has 1 spiro atoms. The molecule has 0 bridgehead atoms. The highest BCUT2D eigenvalue weighted by Crippen LogP contribution is 2.51. The standard InChI is InChI=1S/C24H33ClN2O4/c1-16-13-17(2)20(18(3)14-16)24(25)21(28)23(9-11-26(30-4)12-10-23)27(22(24)29)31-15-19-7-5-6-8-19/h13-14,19H,5-12,15H2,1-4H3. The van der Waals surface area contributed by atoms with Crippen molar-refractivity contribution in [2.24, 2.45) is 5.92 Å². The molecule has 0 radical (unpaired) electrons. The van der Waals surface area contributed by atoms with Gasteiger partial charge >= 0.3 is 0 Å². The van der Waals surface area contributed by atoms with E-state index in [1.165, 1.54) is 17.9 Å². The smallest absolute Gasteiger partial charge is 0.280 e. The Morgan fingerprint density at radius 2 is 1.65 bits per heavy atom. The minimum Gasteiger partial charge on any atom is -0.302 e. The topological polar surface area (TPSA) is 59.1 Å². The van der Waals surface area contributed by atoms with E-state index in [4.69, 9.17) is 21.3 Å². The lowest BCUT2D eigenvalue weighted by Crippen LogP contribution is -2.56. The number of aryl methyl sites for hydroxylation is 3. The molecule has 3 aliphatic rings. The normalized spacial score (nSPS) is 27.1. The fourth-order valence-corrected chi connectivity index (χ4v) is 6.35. The van der Waals surface area contributed by atoms with Crippen LogP contribution < -0.4 is 0 Å². The van der Waals surface area contributed by atoms with E-state index in [0.717, 1.165) is 29.5 Å². The van der Waals surface area contributed by atoms with Gasteiger partial charge in [-0.2, -0.15) is 5.06 Å². The second-order valence-electron chi connectivity index (χ2n) is 9.45. The Labute approximate surface area is 189 Å². The zero-order chi connectivity index (χ0) is 22.4. The van der Waals surface area contributed by atoms with Gasteiger partial charge in [0.25, 0.3) is 5.91 Å². The number of piperidine rings is 1. The maximum absolute atomic E-state index is 14.1. The third kappa shape index (κ3) is 3.62. The SMILES string of the molecule is CON1CCC2(CC1)C(=O)C(Cl)(c1c(C)cc(C)cc1C)C(=O)N2OCC1CCCC1. The molecule has 1 aromatic rings. The molecular formula is C24H33ClN2O4. The van der Waals surface area contributed by atoms with Crippen molar-refractivity contribution in [2.45, 2.75) is 69.7 Å². The summed E-state index contributed by atoms with van der Waals surface area (Å²) in [5, 5.41) is 3.18. The minimum atomic E-state index is -1.76. The van der Waals surface area contributed by atoms with Crippen LogP contribution in [0.3, 0.4) is 0 Å². The molecule has 1 aliphatic carbocycles. The first-order valence-corrected chi connectivity index (χ1v) is 11.7. The van der Waals surface area contributed by atoms with E-state index in [1.807, 2.05) is 38.0 Å². The van der Waals surface area contributed by atoms with Crippen molar-refractivity contribution in [1.82, 2.24) is 10.1 Å². The van der Waals surface area contributed by atoms with Crippen LogP contribution in [0.4, 0.5) is 0 Å². The van der Waals surface area contributed by atoms with Gasteiger partial charge in [0.2, 0.25) is 4.87 Å². The highest BCUT2D eigenvalue weighted by atomic mass is 35.5. The van der Waals surface area contributed by atoms with E-state index in [2.05, 4.69) is 0 Å². The summed E-state index contributed by atoms with van der Waals surface area (Å²) in [7, 11) is 1.62. The summed E-state index contributed by atoms with van der Waals surface area (Å²) in [5.74, 6) is -0.283. The predicted octanol–water partition coefficient (Wildman–Crippen LogP) is 3.98. The van der Waals surface area contributed by atoms with Crippen LogP contribution in [0.25, 0.3) is 0 Å². The van der Waals surface area contributed by atoms with Crippen LogP contribution in [0, 0.1) is 26.7 Å². The molecule has 1 atom stereocenters. The maximum atomic E-state index is 14.1. The van der Waals surface area contributed by atoms with Crippen molar-refractivity contribution in [3.63, 3.8) is 0 Å². The molecule has 0 N–H and O–H groups in total. The number of hydrogen-bond acceptors (Lipinski definition) is 5. The van der Waals surface area contributed by atoms with E-state index >= 15 is 0 Å². The average Bonchev–Trinajstić information content (AvgIpc) is 3.30. The van der Waals surface area contributed by atoms with Gasteiger partial charge in [0, 0.05) is 13.1 Å². The molecule has 4 rings (SSSR count). The van der Waals surface area contributed by atoms with Crippen LogP contribution in [-0.4, -0.2) is 54.2 Å². The Bertz CT molecular complexity index is 851. The van der Waals surface area contributed by atoms with Crippen LogP contribution in [0.2, 0.25) is 0 Å². The lowest BCUT2D eigenvalue weighted by atomic mass is 9.78. The summed E-state index contributed by atoms with van der Waals surface area (Å²) >= 11 is 7.08. The number of hydroxylamine groups is 4. The van der Waals surface area contributed by atoms with E-state index < -0.39 is 16.3 Å². The molecule has 2 heterocycles. The number of alkyl halides is 1. The fraction of sp³-hybridized carbons (Fsp3) is 0.667. The Kier molecular flexibility index (Phi) is 6.21. The largest absolute Gasteiger partial charge is 0.302 e. The fourth-order valence-electron chi connectivity index (χ4n) is 5.80. The number of benzene rings is 1. The summed E-state index contributed by atoms with van der Waals surface area (Å²) in [6.45, 7) is 7.37. The number of carbonyl (C=O) groups is 2. The van der Waals surface area contributed by atoms with Crippen molar-refractivity contribution in [3.05, 3.63) is 34.4 Å². The van der Waals surface area contributed by atoms with Gasteiger partial charge in [0.15, 0.2) is 5.78 Å². The van der Waals surface area contributed by atoms with Crippen molar-refractivity contribution in [1.29, 1.82) is 0 Å². The minimum absolute atomic E-state index is 0.260. The van der Waals surface area contributed by atoms with Crippen LogP contribution in [-0.2, 0) is 24.1 Å². The van der Waals surface area contributed by atoms with Gasteiger partial charge in [0.1, 0.15) is 5.54 Å². The van der Waals surface area contributed by atoms with Crippen LogP contribution in [0.1, 0.15) is 60.8 Å². The van der Waals surface area contributed by atoms with Crippen LogP contribution in [0.15, 0.2) is 12.1 Å². The zero-order valence-corrected chi connectivity index (χ0v) is 19.8. The third-order valence-corrected chi connectivity index (χ3v) is 7.87. The lowest BCUT2D eigenvalue weighted by molar-refractivity contribution is -0.234. The van der Waals surface area contributed by atoms with Gasteiger partial charge < -0.3 is 4.84 Å². The number of carbonyl (C=O) groups excluding carboxylic acids is 2. The van der Waals surface area contributed by atoms with Gasteiger partial charge in [0.05, 0.1) is 13.7 Å². The molecule has 1 amide bonds. The van der Waals surface area contributed by atoms with Crippen molar-refractivity contribution < 1.29 is 19.3 Å². The number of hydrogen-bond donors (Lipinski definition) is 0. The Morgan fingerprint density at radius 1 is 1.06 bits per heavy atom. The molecule has 2 saturated heterocycles.